The third kappa shape index (κ3) is 14.8. The first-order chi connectivity index (χ1) is 7.64. The first-order valence-electron chi connectivity index (χ1n) is 4.13. The van der Waals surface area contributed by atoms with E-state index in [0.29, 0.717) is 0 Å². The number of hydrogen-bond acceptors (Lipinski definition) is 7. The van der Waals surface area contributed by atoms with Crippen LogP contribution in [-0.2, 0) is 4.79 Å². The molecule has 19 heavy (non-hydrogen) atoms. The predicted octanol–water partition coefficient (Wildman–Crippen LogP) is -9.04. The van der Waals surface area contributed by atoms with E-state index < -0.39 is 43.1 Å². The third-order valence-electron chi connectivity index (χ3n) is 1.51. The van der Waals surface area contributed by atoms with E-state index in [2.05, 4.69) is 0 Å². The van der Waals surface area contributed by atoms with Gasteiger partial charge in [-0.05, 0) is 0 Å². The summed E-state index contributed by atoms with van der Waals surface area (Å²) in [6.07, 6.45) is -9.67. The largest absolute Gasteiger partial charge is 1.00 e. The molecule has 0 aromatic rings. The molecule has 8 N–H and O–H groups in total. The van der Waals surface area contributed by atoms with Gasteiger partial charge in [-0.1, -0.05) is 0 Å². The number of aliphatic carboxylic acids is 1. The van der Waals surface area contributed by atoms with Crippen molar-refractivity contribution in [2.75, 3.05) is 6.61 Å². The summed E-state index contributed by atoms with van der Waals surface area (Å²) in [7, 11) is 0. The molecular formula is C7H16Na2O10. The van der Waals surface area contributed by atoms with E-state index in [0.717, 1.165) is 0 Å². The molecular weight excluding hydrogens is 290 g/mol. The van der Waals surface area contributed by atoms with Crippen LogP contribution < -0.4 is 59.1 Å². The zero-order chi connectivity index (χ0) is 14.2. The number of aliphatic hydroxyl groups is 5. The van der Waals surface area contributed by atoms with Gasteiger partial charge in [0.15, 0.2) is 6.10 Å². The molecule has 0 radical (unpaired) electrons. The van der Waals surface area contributed by atoms with Gasteiger partial charge in [0.05, 0.1) is 6.61 Å². The average Bonchev–Trinajstić information content (AvgIpc) is 2.23. The fraction of sp³-hybridized carbons (Fsp3) is 0.714. The Morgan fingerprint density at radius 3 is 1.42 bits per heavy atom. The minimum absolute atomic E-state index is 0. The van der Waals surface area contributed by atoms with E-state index in [1.807, 2.05) is 0 Å². The topological polar surface area (TPSA) is 196 Å². The van der Waals surface area contributed by atoms with Gasteiger partial charge >= 0.3 is 71.2 Å². The Bertz CT molecular complexity index is 256. The van der Waals surface area contributed by atoms with E-state index in [-0.39, 0.29) is 62.0 Å². The normalized spacial score (nSPS) is 15.2. The van der Waals surface area contributed by atoms with Crippen molar-refractivity contribution in [1.29, 1.82) is 0 Å². The summed E-state index contributed by atoms with van der Waals surface area (Å²) in [4.78, 5) is 18.6. The molecule has 0 bridgehead atoms. The molecule has 0 spiro atoms. The Kier molecular flexibility index (Phi) is 21.9. The Hall–Kier alpha value is 0.540. The second-order valence-corrected chi connectivity index (χ2v) is 2.80. The molecule has 0 rings (SSSR count). The third-order valence-corrected chi connectivity index (χ3v) is 1.51. The zero-order valence-corrected chi connectivity index (χ0v) is 14.4. The molecule has 0 aliphatic carbocycles. The molecule has 0 fully saturated rings. The van der Waals surface area contributed by atoms with Gasteiger partial charge in [-0.2, -0.15) is 0 Å². The SMILES string of the molecule is O=C(O)O.O=C(O)[C@H](O)[C@@H](O)[C@H](O)[C@H](O)CO.[H-].[H-].[Na+].[Na+]. The predicted molar refractivity (Wildman–Crippen MR) is 51.6 cm³/mol. The molecule has 0 aromatic carbocycles. The van der Waals surface area contributed by atoms with Crippen LogP contribution in [0.2, 0.25) is 0 Å². The number of carboxylic acids is 1. The first-order valence-corrected chi connectivity index (χ1v) is 4.13. The summed E-state index contributed by atoms with van der Waals surface area (Å²) in [6, 6.07) is 0. The van der Waals surface area contributed by atoms with E-state index in [1.54, 1.807) is 0 Å². The molecule has 0 aliphatic rings. The molecule has 0 aromatic heterocycles. The molecule has 0 amide bonds. The van der Waals surface area contributed by atoms with Crippen molar-refractivity contribution in [3.63, 3.8) is 0 Å². The maximum atomic E-state index is 10.1. The number of rotatable bonds is 5. The van der Waals surface area contributed by atoms with Crippen LogP contribution in [0.1, 0.15) is 2.85 Å². The molecule has 12 heteroatoms. The molecule has 106 valence electrons. The fourth-order valence-corrected chi connectivity index (χ4v) is 0.668. The van der Waals surface area contributed by atoms with E-state index in [1.165, 1.54) is 0 Å². The summed E-state index contributed by atoms with van der Waals surface area (Å²) < 4.78 is 0. The Morgan fingerprint density at radius 1 is 0.895 bits per heavy atom. The Balaban J connectivity index is -0.0000000629. The minimum atomic E-state index is -2.20. The van der Waals surface area contributed by atoms with Crippen LogP contribution in [0.4, 0.5) is 4.79 Å². The van der Waals surface area contributed by atoms with E-state index in [4.69, 9.17) is 45.6 Å². The van der Waals surface area contributed by atoms with Crippen LogP contribution in [0.5, 0.6) is 0 Å². The van der Waals surface area contributed by atoms with Crippen LogP contribution in [0.3, 0.4) is 0 Å². The summed E-state index contributed by atoms with van der Waals surface area (Å²) in [6.45, 7) is -0.843. The molecule has 4 atom stereocenters. The summed E-state index contributed by atoms with van der Waals surface area (Å²) >= 11 is 0. The fourth-order valence-electron chi connectivity index (χ4n) is 0.668. The van der Waals surface area contributed by atoms with Crippen molar-refractivity contribution in [3.05, 3.63) is 0 Å². The number of carboxylic acid groups (broad SMARTS) is 3. The standard InChI is InChI=1S/C6H12O7.CH2O3.2Na.2H/c7-1-2(8)3(9)4(10)5(11)6(12)13;2-1(3)4;;;;/h2-5,7-11H,1H2,(H,12,13);(H2,2,3,4);;;;/q;;2*+1;2*-1/t2-,3-,4+,5-;;;;;/m1...../s1. The smallest absolute Gasteiger partial charge is 1.00 e. The molecule has 10 nitrogen and oxygen atoms in total. The molecule has 0 saturated carbocycles. The van der Waals surface area contributed by atoms with Gasteiger partial charge in [-0.3, -0.25) is 0 Å². The van der Waals surface area contributed by atoms with Crippen molar-refractivity contribution in [3.8, 4) is 0 Å². The van der Waals surface area contributed by atoms with Crippen molar-refractivity contribution in [1.82, 2.24) is 0 Å². The van der Waals surface area contributed by atoms with Crippen LogP contribution >= 0.6 is 0 Å². The van der Waals surface area contributed by atoms with Crippen LogP contribution in [0.25, 0.3) is 0 Å². The van der Waals surface area contributed by atoms with Crippen molar-refractivity contribution >= 4 is 12.1 Å². The second-order valence-electron chi connectivity index (χ2n) is 2.80. The van der Waals surface area contributed by atoms with Crippen molar-refractivity contribution in [2.24, 2.45) is 0 Å². The monoisotopic (exact) mass is 306 g/mol. The number of carbonyl (C=O) groups is 2. The molecule has 0 saturated heterocycles. The van der Waals surface area contributed by atoms with Crippen LogP contribution in [-0.4, -0.2) is 84.0 Å². The van der Waals surface area contributed by atoms with Gasteiger partial charge in [-0.15, -0.1) is 0 Å². The van der Waals surface area contributed by atoms with E-state index >= 15 is 0 Å². The summed E-state index contributed by atoms with van der Waals surface area (Å²) in [5.74, 6) is -1.73. The summed E-state index contributed by atoms with van der Waals surface area (Å²) in [5.41, 5.74) is 0. The second kappa shape index (κ2) is 14.9. The zero-order valence-electron chi connectivity index (χ0n) is 12.4. The van der Waals surface area contributed by atoms with Gasteiger partial charge in [0.2, 0.25) is 0 Å². The first kappa shape index (κ1) is 27.8. The van der Waals surface area contributed by atoms with Gasteiger partial charge in [0, 0.05) is 0 Å². The Labute approximate surface area is 154 Å². The molecule has 0 heterocycles. The number of hydrogen-bond donors (Lipinski definition) is 8. The Morgan fingerprint density at radius 2 is 1.21 bits per heavy atom. The van der Waals surface area contributed by atoms with Gasteiger partial charge in [0.25, 0.3) is 0 Å². The molecule has 0 unspecified atom stereocenters. The minimum Gasteiger partial charge on any atom is -1.00 e. The molecule has 0 aliphatic heterocycles. The van der Waals surface area contributed by atoms with Crippen molar-refractivity contribution in [2.45, 2.75) is 24.4 Å². The van der Waals surface area contributed by atoms with Gasteiger partial charge in [-0.25, -0.2) is 9.59 Å². The van der Waals surface area contributed by atoms with Gasteiger partial charge in [0.1, 0.15) is 18.3 Å². The van der Waals surface area contributed by atoms with Crippen molar-refractivity contribution < 1.29 is 112 Å². The number of aliphatic hydroxyl groups excluding tert-OH is 5. The average molecular weight is 306 g/mol. The van der Waals surface area contributed by atoms with Gasteiger partial charge < -0.3 is 43.7 Å². The summed E-state index contributed by atoms with van der Waals surface area (Å²) in [5, 5.41) is 65.8. The maximum absolute atomic E-state index is 10.1. The van der Waals surface area contributed by atoms with Crippen LogP contribution in [0.15, 0.2) is 0 Å². The van der Waals surface area contributed by atoms with E-state index in [9.17, 15) is 4.79 Å². The van der Waals surface area contributed by atoms with Crippen LogP contribution in [0, 0.1) is 0 Å². The quantitative estimate of drug-likeness (QED) is 0.226. The maximum Gasteiger partial charge on any atom is 1.00 e.